The molecular weight excluding hydrogens is 230 g/mol. The number of nitrogens with zero attached hydrogens (tertiary/aromatic N) is 3. The van der Waals surface area contributed by atoms with E-state index in [0.717, 1.165) is 5.56 Å². The van der Waals surface area contributed by atoms with Crippen LogP contribution < -0.4 is 9.47 Å². The van der Waals surface area contributed by atoms with Gasteiger partial charge in [0.05, 0.1) is 6.07 Å². The highest BCUT2D eigenvalue weighted by Crippen LogP contribution is 2.35. The fourth-order valence-electron chi connectivity index (χ4n) is 1.83. The van der Waals surface area contributed by atoms with Crippen LogP contribution in [-0.4, -0.2) is 16.8 Å². The third-order valence-corrected chi connectivity index (χ3v) is 2.70. The molecule has 1 aromatic heterocycles. The fourth-order valence-corrected chi connectivity index (χ4v) is 1.83. The van der Waals surface area contributed by atoms with Gasteiger partial charge in [0.15, 0.2) is 11.5 Å². The molecular formula is C13H9N3O2. The molecule has 2 aromatic rings. The Kier molecular flexibility index (Phi) is 2.54. The molecule has 0 amide bonds. The van der Waals surface area contributed by atoms with Gasteiger partial charge >= 0.3 is 0 Å². The maximum atomic E-state index is 9.28. The molecule has 0 saturated carbocycles. The average Bonchev–Trinajstić information content (AvgIpc) is 2.88. The van der Waals surface area contributed by atoms with Gasteiger partial charge in [-0.2, -0.15) is 5.26 Å². The minimum Gasteiger partial charge on any atom is -0.454 e. The first kappa shape index (κ1) is 10.5. The van der Waals surface area contributed by atoms with Crippen molar-refractivity contribution in [3.63, 3.8) is 0 Å². The molecule has 1 aliphatic heterocycles. The summed E-state index contributed by atoms with van der Waals surface area (Å²) >= 11 is 0. The summed E-state index contributed by atoms with van der Waals surface area (Å²) in [6, 6.07) is 9.35. The summed E-state index contributed by atoms with van der Waals surface area (Å²) < 4.78 is 10.5. The van der Waals surface area contributed by atoms with Crippen molar-refractivity contribution in [2.45, 2.75) is 5.92 Å². The van der Waals surface area contributed by atoms with Crippen molar-refractivity contribution in [2.24, 2.45) is 0 Å². The number of rotatable bonds is 2. The van der Waals surface area contributed by atoms with E-state index in [2.05, 4.69) is 16.0 Å². The predicted molar refractivity (Wildman–Crippen MR) is 62.1 cm³/mol. The summed E-state index contributed by atoms with van der Waals surface area (Å²) in [6.07, 6.45) is 3.25. The van der Waals surface area contributed by atoms with Gasteiger partial charge in [0.1, 0.15) is 11.7 Å². The Morgan fingerprint density at radius 3 is 2.72 bits per heavy atom. The van der Waals surface area contributed by atoms with E-state index in [1.54, 1.807) is 30.6 Å². The summed E-state index contributed by atoms with van der Waals surface area (Å²) in [5.74, 6) is 1.34. The molecule has 88 valence electrons. The van der Waals surface area contributed by atoms with Crippen molar-refractivity contribution in [3.05, 3.63) is 48.0 Å². The molecule has 1 aliphatic rings. The largest absolute Gasteiger partial charge is 0.454 e. The highest BCUT2D eigenvalue weighted by Gasteiger charge is 2.20. The monoisotopic (exact) mass is 239 g/mol. The smallest absolute Gasteiger partial charge is 0.231 e. The van der Waals surface area contributed by atoms with Crippen LogP contribution in [-0.2, 0) is 0 Å². The number of fused-ring (bicyclic) bond motifs is 1. The Bertz CT molecular complexity index is 607. The Labute approximate surface area is 104 Å². The number of nitriles is 1. The third-order valence-electron chi connectivity index (χ3n) is 2.70. The number of hydrogen-bond acceptors (Lipinski definition) is 5. The molecule has 0 saturated heterocycles. The summed E-state index contributed by atoms with van der Waals surface area (Å²) in [7, 11) is 0. The summed E-state index contributed by atoms with van der Waals surface area (Å²) in [5, 5.41) is 9.28. The Hall–Kier alpha value is -2.61. The first-order valence-electron chi connectivity index (χ1n) is 5.44. The van der Waals surface area contributed by atoms with E-state index in [4.69, 9.17) is 9.47 Å². The van der Waals surface area contributed by atoms with Gasteiger partial charge in [-0.15, -0.1) is 0 Å². The highest BCUT2D eigenvalue weighted by molar-refractivity contribution is 5.47. The van der Waals surface area contributed by atoms with E-state index in [1.807, 2.05) is 6.07 Å². The fraction of sp³-hybridized carbons (Fsp3) is 0.154. The number of hydrogen-bond donors (Lipinski definition) is 0. The molecule has 0 radical (unpaired) electrons. The topological polar surface area (TPSA) is 68.0 Å². The molecule has 2 heterocycles. The first-order chi connectivity index (χ1) is 8.88. The van der Waals surface area contributed by atoms with Gasteiger partial charge in [0.2, 0.25) is 6.79 Å². The lowest BCUT2D eigenvalue weighted by Crippen LogP contribution is -2.03. The van der Waals surface area contributed by atoms with Gasteiger partial charge in [0, 0.05) is 12.4 Å². The SMILES string of the molecule is N#CC(c1ccc2c(c1)OCO2)c1ncccn1. The van der Waals surface area contributed by atoms with Gasteiger partial charge < -0.3 is 9.47 Å². The molecule has 0 fully saturated rings. The minimum absolute atomic E-state index is 0.220. The molecule has 1 atom stereocenters. The van der Waals surface area contributed by atoms with Crippen molar-refractivity contribution in [1.82, 2.24) is 9.97 Å². The quantitative estimate of drug-likeness (QED) is 0.800. The molecule has 0 bridgehead atoms. The zero-order valence-corrected chi connectivity index (χ0v) is 9.41. The van der Waals surface area contributed by atoms with Gasteiger partial charge in [-0.25, -0.2) is 9.97 Å². The van der Waals surface area contributed by atoms with Crippen LogP contribution in [0.2, 0.25) is 0 Å². The summed E-state index contributed by atoms with van der Waals surface area (Å²) in [4.78, 5) is 8.23. The lowest BCUT2D eigenvalue weighted by Gasteiger charge is -2.08. The maximum Gasteiger partial charge on any atom is 0.231 e. The molecule has 1 aromatic carbocycles. The Morgan fingerprint density at radius 2 is 1.94 bits per heavy atom. The summed E-state index contributed by atoms with van der Waals surface area (Å²) in [5.41, 5.74) is 0.799. The molecule has 5 heteroatoms. The predicted octanol–water partition coefficient (Wildman–Crippen LogP) is 1.86. The molecule has 3 rings (SSSR count). The van der Waals surface area contributed by atoms with Crippen LogP contribution in [0, 0.1) is 11.3 Å². The van der Waals surface area contributed by atoms with Crippen LogP contribution in [0.5, 0.6) is 11.5 Å². The van der Waals surface area contributed by atoms with Crippen molar-refractivity contribution in [2.75, 3.05) is 6.79 Å². The van der Waals surface area contributed by atoms with E-state index >= 15 is 0 Å². The second-order valence-electron chi connectivity index (χ2n) is 3.78. The second-order valence-corrected chi connectivity index (χ2v) is 3.78. The Balaban J connectivity index is 2.01. The number of benzene rings is 1. The standard InChI is InChI=1S/C13H9N3O2/c14-7-10(13-15-4-1-5-16-13)9-2-3-11-12(6-9)18-8-17-11/h1-6,10H,8H2. The third kappa shape index (κ3) is 1.74. The Morgan fingerprint density at radius 1 is 1.17 bits per heavy atom. The summed E-state index contributed by atoms with van der Waals surface area (Å²) in [6.45, 7) is 0.220. The number of ether oxygens (including phenoxy) is 2. The van der Waals surface area contributed by atoms with Crippen LogP contribution in [0.3, 0.4) is 0 Å². The van der Waals surface area contributed by atoms with Crippen molar-refractivity contribution < 1.29 is 9.47 Å². The molecule has 0 N–H and O–H groups in total. The molecule has 0 spiro atoms. The maximum absolute atomic E-state index is 9.28. The van der Waals surface area contributed by atoms with Crippen LogP contribution in [0.1, 0.15) is 17.3 Å². The lowest BCUT2D eigenvalue weighted by atomic mass is 9.99. The molecule has 18 heavy (non-hydrogen) atoms. The second kappa shape index (κ2) is 4.34. The van der Waals surface area contributed by atoms with Gasteiger partial charge in [-0.1, -0.05) is 6.07 Å². The minimum atomic E-state index is -0.499. The van der Waals surface area contributed by atoms with Gasteiger partial charge in [0.25, 0.3) is 0 Å². The normalized spacial score (nSPS) is 13.9. The zero-order valence-electron chi connectivity index (χ0n) is 9.41. The van der Waals surface area contributed by atoms with Crippen molar-refractivity contribution in [1.29, 1.82) is 5.26 Å². The van der Waals surface area contributed by atoms with E-state index < -0.39 is 5.92 Å². The van der Waals surface area contributed by atoms with Crippen molar-refractivity contribution in [3.8, 4) is 17.6 Å². The van der Waals surface area contributed by atoms with Crippen LogP contribution in [0.25, 0.3) is 0 Å². The molecule has 5 nitrogen and oxygen atoms in total. The van der Waals surface area contributed by atoms with E-state index in [1.165, 1.54) is 0 Å². The van der Waals surface area contributed by atoms with E-state index in [0.29, 0.717) is 17.3 Å². The molecule has 0 aliphatic carbocycles. The van der Waals surface area contributed by atoms with Gasteiger partial charge in [-0.3, -0.25) is 0 Å². The van der Waals surface area contributed by atoms with Crippen LogP contribution in [0.15, 0.2) is 36.7 Å². The van der Waals surface area contributed by atoms with E-state index in [9.17, 15) is 5.26 Å². The highest BCUT2D eigenvalue weighted by atomic mass is 16.7. The van der Waals surface area contributed by atoms with Crippen molar-refractivity contribution >= 4 is 0 Å². The molecule has 1 unspecified atom stereocenters. The van der Waals surface area contributed by atoms with Crippen LogP contribution >= 0.6 is 0 Å². The van der Waals surface area contributed by atoms with E-state index in [-0.39, 0.29) is 6.79 Å². The average molecular weight is 239 g/mol. The zero-order chi connectivity index (χ0) is 12.4. The first-order valence-corrected chi connectivity index (χ1v) is 5.44. The lowest BCUT2D eigenvalue weighted by molar-refractivity contribution is 0.174. The van der Waals surface area contributed by atoms with Crippen LogP contribution in [0.4, 0.5) is 0 Å². The van der Waals surface area contributed by atoms with Gasteiger partial charge in [-0.05, 0) is 23.8 Å². The number of aromatic nitrogens is 2.